The van der Waals surface area contributed by atoms with E-state index >= 15 is 0 Å². The minimum atomic E-state index is -0.0630. The maximum Gasteiger partial charge on any atom is 0.191 e. The molecule has 4 heteroatoms. The zero-order chi connectivity index (χ0) is 13.7. The van der Waals surface area contributed by atoms with Crippen LogP contribution in [0.3, 0.4) is 0 Å². The Hall–Kier alpha value is -2.62. The molecule has 0 saturated heterocycles. The predicted octanol–water partition coefficient (Wildman–Crippen LogP) is 1.92. The molecule has 0 bridgehead atoms. The smallest absolute Gasteiger partial charge is 0.191 e. The molecule has 1 aromatic carbocycles. The van der Waals surface area contributed by atoms with Gasteiger partial charge >= 0.3 is 0 Å². The fraction of sp³-hybridized carbons (Fsp3) is 0.0667. The number of anilines is 1. The van der Waals surface area contributed by atoms with Gasteiger partial charge in [0.05, 0.1) is 13.2 Å². The highest BCUT2D eigenvalue weighted by molar-refractivity contribution is 6.05. The fourth-order valence-electron chi connectivity index (χ4n) is 1.55. The summed E-state index contributed by atoms with van der Waals surface area (Å²) < 4.78 is 6.81. The molecule has 0 aliphatic rings. The summed E-state index contributed by atoms with van der Waals surface area (Å²) in [7, 11) is 1.59. The zero-order valence-corrected chi connectivity index (χ0v) is 10.6. The molecular formula is C15H15N2O2+. The number of rotatable bonds is 4. The van der Waals surface area contributed by atoms with Crippen LogP contribution in [-0.2, 0) is 0 Å². The van der Waals surface area contributed by atoms with E-state index in [0.29, 0.717) is 11.3 Å². The summed E-state index contributed by atoms with van der Waals surface area (Å²) in [5, 5.41) is 0. The van der Waals surface area contributed by atoms with Gasteiger partial charge in [0.25, 0.3) is 0 Å². The standard InChI is InChI=1S/C15H14N2O2/c1-19-14-4-2-12(3-5-14)15(18)8-11-17-9-6-13(16)7-10-17/h2-11,16H,1H3/p+1. The summed E-state index contributed by atoms with van der Waals surface area (Å²) in [6.07, 6.45) is 6.77. The van der Waals surface area contributed by atoms with Gasteiger partial charge in [0.15, 0.2) is 24.4 Å². The largest absolute Gasteiger partial charge is 0.497 e. The fourth-order valence-corrected chi connectivity index (χ4v) is 1.55. The lowest BCUT2D eigenvalue weighted by atomic mass is 10.1. The monoisotopic (exact) mass is 255 g/mol. The molecule has 0 fully saturated rings. The third-order valence-electron chi connectivity index (χ3n) is 2.65. The number of carbonyl (C=O) groups excluding carboxylic acids is 1. The second kappa shape index (κ2) is 5.82. The van der Waals surface area contributed by atoms with Crippen LogP contribution >= 0.6 is 0 Å². The lowest BCUT2D eigenvalue weighted by Crippen LogP contribution is -2.24. The summed E-state index contributed by atoms with van der Waals surface area (Å²) >= 11 is 0. The number of carbonyl (C=O) groups is 1. The maximum absolute atomic E-state index is 11.9. The van der Waals surface area contributed by atoms with Gasteiger partial charge in [-0.2, -0.15) is 4.57 Å². The second-order valence-corrected chi connectivity index (χ2v) is 3.99. The van der Waals surface area contributed by atoms with Crippen LogP contribution in [0.1, 0.15) is 10.4 Å². The van der Waals surface area contributed by atoms with Crippen molar-refractivity contribution in [2.75, 3.05) is 12.8 Å². The van der Waals surface area contributed by atoms with Crippen LogP contribution in [0.2, 0.25) is 0 Å². The molecule has 2 N–H and O–H groups in total. The minimum Gasteiger partial charge on any atom is -0.497 e. The van der Waals surface area contributed by atoms with E-state index in [1.165, 1.54) is 6.08 Å². The van der Waals surface area contributed by atoms with Crippen molar-refractivity contribution in [2.24, 2.45) is 0 Å². The Labute approximate surface area is 111 Å². The first-order valence-corrected chi connectivity index (χ1v) is 5.82. The highest BCUT2D eigenvalue weighted by Crippen LogP contribution is 2.11. The van der Waals surface area contributed by atoms with Gasteiger partial charge < -0.3 is 10.5 Å². The Bertz CT molecular complexity index is 587. The number of ether oxygens (including phenoxy) is 1. The number of nitrogen functional groups attached to an aromatic ring is 1. The van der Waals surface area contributed by atoms with Crippen LogP contribution in [0.15, 0.2) is 54.9 Å². The number of hydrogen-bond donors (Lipinski definition) is 1. The van der Waals surface area contributed by atoms with Crippen molar-refractivity contribution < 1.29 is 14.1 Å². The third-order valence-corrected chi connectivity index (χ3v) is 2.65. The van der Waals surface area contributed by atoms with E-state index in [1.807, 2.05) is 0 Å². The average Bonchev–Trinajstić information content (AvgIpc) is 2.46. The van der Waals surface area contributed by atoms with Gasteiger partial charge in [-0.25, -0.2) is 0 Å². The summed E-state index contributed by atoms with van der Waals surface area (Å²) in [5.74, 6) is 0.667. The molecule has 1 aromatic heterocycles. The maximum atomic E-state index is 11.9. The predicted molar refractivity (Wildman–Crippen MR) is 73.7 cm³/mol. The molecule has 19 heavy (non-hydrogen) atoms. The van der Waals surface area contributed by atoms with Crippen molar-refractivity contribution in [3.8, 4) is 5.75 Å². The molecule has 0 amide bonds. The van der Waals surface area contributed by atoms with E-state index in [-0.39, 0.29) is 5.78 Å². The van der Waals surface area contributed by atoms with Gasteiger partial charge in [-0.3, -0.25) is 4.79 Å². The molecule has 0 saturated carbocycles. The molecule has 2 rings (SSSR count). The molecule has 0 atom stereocenters. The first-order valence-electron chi connectivity index (χ1n) is 5.82. The van der Waals surface area contributed by atoms with Gasteiger partial charge in [0.1, 0.15) is 5.75 Å². The summed E-state index contributed by atoms with van der Waals surface area (Å²) in [6.45, 7) is 0. The molecule has 0 spiro atoms. The quantitative estimate of drug-likeness (QED) is 0.516. The van der Waals surface area contributed by atoms with Crippen LogP contribution in [-0.4, -0.2) is 12.9 Å². The van der Waals surface area contributed by atoms with E-state index in [0.717, 1.165) is 5.75 Å². The molecule has 2 aromatic rings. The van der Waals surface area contributed by atoms with E-state index in [2.05, 4.69) is 0 Å². The molecule has 1 heterocycles. The Morgan fingerprint density at radius 1 is 1.16 bits per heavy atom. The van der Waals surface area contributed by atoms with E-state index in [9.17, 15) is 4.79 Å². The van der Waals surface area contributed by atoms with Crippen LogP contribution < -0.4 is 15.0 Å². The number of aromatic nitrogens is 1. The molecule has 0 radical (unpaired) electrons. The SMILES string of the molecule is COc1ccc(C(=O)C=C[n+]2ccc(N)cc2)cc1. The van der Waals surface area contributed by atoms with Crippen LogP contribution in [0.5, 0.6) is 5.75 Å². The van der Waals surface area contributed by atoms with E-state index in [4.69, 9.17) is 10.5 Å². The topological polar surface area (TPSA) is 56.2 Å². The normalized spacial score (nSPS) is 10.6. The summed E-state index contributed by atoms with van der Waals surface area (Å²) in [5.41, 5.74) is 6.89. The number of allylic oxidation sites excluding steroid dienone is 1. The number of nitrogens with zero attached hydrogens (tertiary/aromatic N) is 1. The Balaban J connectivity index is 2.09. The number of methoxy groups -OCH3 is 1. The number of benzene rings is 1. The van der Waals surface area contributed by atoms with Crippen LogP contribution in [0.4, 0.5) is 5.69 Å². The van der Waals surface area contributed by atoms with Crippen molar-refractivity contribution in [2.45, 2.75) is 0 Å². The number of hydrogen-bond acceptors (Lipinski definition) is 3. The van der Waals surface area contributed by atoms with Gasteiger partial charge in [-0.1, -0.05) is 0 Å². The Morgan fingerprint density at radius 3 is 2.37 bits per heavy atom. The average molecular weight is 255 g/mol. The van der Waals surface area contributed by atoms with Crippen molar-refractivity contribution in [3.05, 3.63) is 60.4 Å². The summed E-state index contributed by atoms with van der Waals surface area (Å²) in [4.78, 5) is 11.9. The van der Waals surface area contributed by atoms with Crippen LogP contribution in [0, 0.1) is 0 Å². The second-order valence-electron chi connectivity index (χ2n) is 3.99. The summed E-state index contributed by atoms with van der Waals surface area (Å²) in [6, 6.07) is 10.5. The molecule has 0 aliphatic carbocycles. The number of nitrogens with two attached hydrogens (primary N) is 1. The molecular weight excluding hydrogens is 240 g/mol. The van der Waals surface area contributed by atoms with Crippen molar-refractivity contribution in [1.29, 1.82) is 0 Å². The van der Waals surface area contributed by atoms with E-state index < -0.39 is 0 Å². The van der Waals surface area contributed by atoms with Crippen molar-refractivity contribution >= 4 is 17.7 Å². The highest BCUT2D eigenvalue weighted by atomic mass is 16.5. The number of ketones is 1. The highest BCUT2D eigenvalue weighted by Gasteiger charge is 2.03. The Kier molecular flexibility index (Phi) is 3.93. The van der Waals surface area contributed by atoms with Crippen molar-refractivity contribution in [1.82, 2.24) is 0 Å². The molecule has 0 unspecified atom stereocenters. The lowest BCUT2D eigenvalue weighted by Gasteiger charge is -1.99. The van der Waals surface area contributed by atoms with E-state index in [1.54, 1.807) is 66.7 Å². The third kappa shape index (κ3) is 3.42. The van der Waals surface area contributed by atoms with Gasteiger partial charge in [0.2, 0.25) is 0 Å². The molecule has 4 nitrogen and oxygen atoms in total. The molecule has 0 aliphatic heterocycles. The lowest BCUT2D eigenvalue weighted by molar-refractivity contribution is -0.568. The first kappa shape index (κ1) is 12.8. The van der Waals surface area contributed by atoms with Gasteiger partial charge in [-0.05, 0) is 24.3 Å². The van der Waals surface area contributed by atoms with Gasteiger partial charge in [-0.15, -0.1) is 0 Å². The molecule has 96 valence electrons. The number of pyridine rings is 1. The zero-order valence-electron chi connectivity index (χ0n) is 10.6. The Morgan fingerprint density at radius 2 is 1.79 bits per heavy atom. The van der Waals surface area contributed by atoms with Gasteiger partial charge in [0, 0.05) is 23.4 Å². The minimum absolute atomic E-state index is 0.0630. The first-order chi connectivity index (χ1) is 9.19. The van der Waals surface area contributed by atoms with Crippen LogP contribution in [0.25, 0.3) is 6.20 Å². The van der Waals surface area contributed by atoms with Crippen molar-refractivity contribution in [3.63, 3.8) is 0 Å².